The summed E-state index contributed by atoms with van der Waals surface area (Å²) in [6.07, 6.45) is 0.419. The average molecular weight is 247 g/mol. The summed E-state index contributed by atoms with van der Waals surface area (Å²) in [6, 6.07) is 9.02. The summed E-state index contributed by atoms with van der Waals surface area (Å²) in [5.74, 6) is -0.216. The minimum atomic E-state index is -0.957. The monoisotopic (exact) mass is 247 g/mol. The Labute approximate surface area is 106 Å². The van der Waals surface area contributed by atoms with E-state index in [0.717, 1.165) is 10.5 Å². The molecular weight excluding hydrogens is 230 g/mol. The lowest BCUT2D eigenvalue weighted by atomic mass is 9.85. The van der Waals surface area contributed by atoms with Crippen LogP contribution in [0.3, 0.4) is 0 Å². The molecule has 5 nitrogen and oxygen atoms in total. The molecule has 1 atom stereocenters. The van der Waals surface area contributed by atoms with E-state index in [-0.39, 0.29) is 11.9 Å². The van der Waals surface area contributed by atoms with Gasteiger partial charge < -0.3 is 10.6 Å². The maximum Gasteiger partial charge on any atom is 0.327 e. The van der Waals surface area contributed by atoms with Crippen LogP contribution < -0.4 is 5.73 Å². The van der Waals surface area contributed by atoms with Crippen LogP contribution >= 0.6 is 0 Å². The van der Waals surface area contributed by atoms with Gasteiger partial charge in [-0.1, -0.05) is 30.3 Å². The Bertz CT molecular complexity index is 474. The first-order valence-corrected chi connectivity index (χ1v) is 5.87. The highest BCUT2D eigenvalue weighted by Gasteiger charge is 2.54. The average Bonchev–Trinajstić information content (AvgIpc) is 2.56. The van der Waals surface area contributed by atoms with Gasteiger partial charge in [-0.2, -0.15) is 0 Å². The van der Waals surface area contributed by atoms with E-state index in [9.17, 15) is 9.59 Å². The lowest BCUT2D eigenvalue weighted by Crippen LogP contribution is -2.46. The molecule has 5 heteroatoms. The Morgan fingerprint density at radius 3 is 2.22 bits per heavy atom. The Morgan fingerprint density at radius 2 is 1.78 bits per heavy atom. The van der Waals surface area contributed by atoms with Gasteiger partial charge in [0.25, 0.3) is 5.91 Å². The lowest BCUT2D eigenvalue weighted by molar-refractivity contribution is -0.132. The van der Waals surface area contributed by atoms with Gasteiger partial charge in [-0.25, -0.2) is 4.79 Å². The minimum absolute atomic E-state index is 0.216. The van der Waals surface area contributed by atoms with Crippen molar-refractivity contribution in [2.24, 2.45) is 5.73 Å². The first kappa shape index (κ1) is 12.6. The number of imide groups is 1. The summed E-state index contributed by atoms with van der Waals surface area (Å²) in [5.41, 5.74) is 5.49. The van der Waals surface area contributed by atoms with E-state index in [4.69, 9.17) is 5.73 Å². The molecule has 1 saturated heterocycles. The second kappa shape index (κ2) is 4.42. The molecule has 1 fully saturated rings. The molecule has 1 aromatic rings. The van der Waals surface area contributed by atoms with E-state index in [1.165, 1.54) is 11.9 Å². The van der Waals surface area contributed by atoms with Crippen LogP contribution in [0.15, 0.2) is 30.3 Å². The number of carbonyl (C=O) groups is 2. The number of hydrogen-bond donors (Lipinski definition) is 1. The summed E-state index contributed by atoms with van der Waals surface area (Å²) in [7, 11) is 3.15. The molecule has 0 aliphatic carbocycles. The van der Waals surface area contributed by atoms with Crippen molar-refractivity contribution in [2.75, 3.05) is 20.6 Å². The second-order valence-corrected chi connectivity index (χ2v) is 4.47. The fourth-order valence-electron chi connectivity index (χ4n) is 2.55. The molecule has 0 bridgehead atoms. The SMILES string of the molecule is CN1C(=O)N(C)[C@](CCN)(c2ccccc2)C1=O. The molecule has 0 radical (unpaired) electrons. The third kappa shape index (κ3) is 1.51. The van der Waals surface area contributed by atoms with Gasteiger partial charge in [0, 0.05) is 14.1 Å². The van der Waals surface area contributed by atoms with E-state index in [2.05, 4.69) is 0 Å². The maximum absolute atomic E-state index is 12.4. The number of hydrogen-bond acceptors (Lipinski definition) is 3. The zero-order valence-electron chi connectivity index (χ0n) is 10.6. The van der Waals surface area contributed by atoms with Crippen LogP contribution in [0.25, 0.3) is 0 Å². The largest absolute Gasteiger partial charge is 0.330 e. The first-order chi connectivity index (χ1) is 8.55. The number of nitrogens with zero attached hydrogens (tertiary/aromatic N) is 2. The van der Waals surface area contributed by atoms with Crippen molar-refractivity contribution in [3.63, 3.8) is 0 Å². The van der Waals surface area contributed by atoms with Crippen LogP contribution in [-0.4, -0.2) is 42.4 Å². The number of urea groups is 1. The van der Waals surface area contributed by atoms with Crippen LogP contribution in [0.2, 0.25) is 0 Å². The Kier molecular flexibility index (Phi) is 3.09. The summed E-state index contributed by atoms with van der Waals surface area (Å²) in [6.45, 7) is 0.339. The molecule has 0 aromatic heterocycles. The Morgan fingerprint density at radius 1 is 1.17 bits per heavy atom. The Hall–Kier alpha value is -1.88. The molecule has 1 heterocycles. The van der Waals surface area contributed by atoms with Crippen molar-refractivity contribution < 1.29 is 9.59 Å². The van der Waals surface area contributed by atoms with Gasteiger partial charge in [0.2, 0.25) is 0 Å². The molecule has 2 rings (SSSR count). The Balaban J connectivity index is 2.58. The fraction of sp³-hybridized carbons (Fsp3) is 0.385. The van der Waals surface area contributed by atoms with E-state index in [1.807, 2.05) is 30.3 Å². The molecule has 1 aliphatic heterocycles. The normalized spacial score (nSPS) is 23.9. The molecule has 0 unspecified atom stereocenters. The highest BCUT2D eigenvalue weighted by Crippen LogP contribution is 2.38. The van der Waals surface area contributed by atoms with Crippen molar-refractivity contribution in [3.8, 4) is 0 Å². The van der Waals surface area contributed by atoms with Gasteiger partial charge in [0.15, 0.2) is 0 Å². The van der Waals surface area contributed by atoms with Crippen LogP contribution in [0.1, 0.15) is 12.0 Å². The molecule has 0 saturated carbocycles. The third-order valence-corrected chi connectivity index (χ3v) is 3.56. The summed E-state index contributed by atoms with van der Waals surface area (Å²) in [4.78, 5) is 27.1. The molecule has 2 N–H and O–H groups in total. The minimum Gasteiger partial charge on any atom is -0.330 e. The highest BCUT2D eigenvalue weighted by atomic mass is 16.2. The zero-order chi connectivity index (χ0) is 13.3. The molecule has 1 aromatic carbocycles. The number of nitrogens with two attached hydrogens (primary N) is 1. The quantitative estimate of drug-likeness (QED) is 0.802. The predicted molar refractivity (Wildman–Crippen MR) is 67.7 cm³/mol. The molecule has 3 amide bonds. The molecule has 0 spiro atoms. The van der Waals surface area contributed by atoms with Crippen LogP contribution in [0.4, 0.5) is 4.79 Å². The maximum atomic E-state index is 12.4. The van der Waals surface area contributed by atoms with Crippen molar-refractivity contribution in [1.29, 1.82) is 0 Å². The van der Waals surface area contributed by atoms with Crippen molar-refractivity contribution >= 4 is 11.9 Å². The van der Waals surface area contributed by atoms with Gasteiger partial charge in [-0.3, -0.25) is 9.69 Å². The first-order valence-electron chi connectivity index (χ1n) is 5.87. The van der Waals surface area contributed by atoms with E-state index in [1.54, 1.807) is 7.05 Å². The van der Waals surface area contributed by atoms with Gasteiger partial charge >= 0.3 is 6.03 Å². The van der Waals surface area contributed by atoms with E-state index in [0.29, 0.717) is 13.0 Å². The smallest absolute Gasteiger partial charge is 0.327 e. The van der Waals surface area contributed by atoms with Crippen LogP contribution in [-0.2, 0) is 10.3 Å². The van der Waals surface area contributed by atoms with Crippen LogP contribution in [0.5, 0.6) is 0 Å². The lowest BCUT2D eigenvalue weighted by Gasteiger charge is -2.32. The number of likely N-dealkylation sites (N-methyl/N-ethyl adjacent to an activating group) is 2. The number of benzene rings is 1. The van der Waals surface area contributed by atoms with Gasteiger partial charge in [0.1, 0.15) is 5.54 Å². The topological polar surface area (TPSA) is 66.6 Å². The standard InChI is InChI=1S/C13H17N3O2/c1-15-11(17)13(8-9-14,16(2)12(15)18)10-6-4-3-5-7-10/h3-7H,8-9,14H2,1-2H3/t13-/m1/s1. The number of rotatable bonds is 3. The molecule has 96 valence electrons. The highest BCUT2D eigenvalue weighted by molar-refractivity contribution is 6.07. The molecule has 18 heavy (non-hydrogen) atoms. The van der Waals surface area contributed by atoms with E-state index < -0.39 is 5.54 Å². The summed E-state index contributed by atoms with van der Waals surface area (Å²) in [5, 5.41) is 0. The van der Waals surface area contributed by atoms with Crippen molar-refractivity contribution in [1.82, 2.24) is 9.80 Å². The number of amides is 3. The van der Waals surface area contributed by atoms with Crippen LogP contribution in [0, 0.1) is 0 Å². The fourth-order valence-corrected chi connectivity index (χ4v) is 2.55. The zero-order valence-corrected chi connectivity index (χ0v) is 10.6. The van der Waals surface area contributed by atoms with Crippen molar-refractivity contribution in [3.05, 3.63) is 35.9 Å². The summed E-state index contributed by atoms with van der Waals surface area (Å²) < 4.78 is 0. The van der Waals surface area contributed by atoms with Gasteiger partial charge in [-0.05, 0) is 18.5 Å². The molecule has 1 aliphatic rings. The molecular formula is C13H17N3O2. The van der Waals surface area contributed by atoms with Gasteiger partial charge in [-0.15, -0.1) is 0 Å². The predicted octanol–water partition coefficient (Wildman–Crippen LogP) is 0.754. The number of carbonyl (C=O) groups excluding carboxylic acids is 2. The second-order valence-electron chi connectivity index (χ2n) is 4.47. The van der Waals surface area contributed by atoms with E-state index >= 15 is 0 Å². The summed E-state index contributed by atoms with van der Waals surface area (Å²) >= 11 is 0. The van der Waals surface area contributed by atoms with Crippen molar-refractivity contribution in [2.45, 2.75) is 12.0 Å². The third-order valence-electron chi connectivity index (χ3n) is 3.56. The van der Waals surface area contributed by atoms with Gasteiger partial charge in [0.05, 0.1) is 0 Å².